The lowest BCUT2D eigenvalue weighted by molar-refractivity contribution is -0.114. The van der Waals surface area contributed by atoms with Gasteiger partial charge in [-0.1, -0.05) is 45.2 Å². The molecule has 0 heterocycles. The molecule has 0 aliphatic heterocycles. The number of halogens is 3. The van der Waals surface area contributed by atoms with Crippen LogP contribution in [0, 0.1) is 0 Å². The standard InChI is InChI=1S/C14H11BrCl2N2O/c15-9-2-1-3-12(4-9)18-8-14(20)19-13-6-10(16)5-11(17)7-13/h1-7,18H,8H2,(H,19,20). The van der Waals surface area contributed by atoms with E-state index < -0.39 is 0 Å². The molecule has 20 heavy (non-hydrogen) atoms. The molecule has 0 saturated heterocycles. The average Bonchev–Trinajstić information content (AvgIpc) is 2.35. The van der Waals surface area contributed by atoms with E-state index in [9.17, 15) is 4.79 Å². The average molecular weight is 374 g/mol. The quantitative estimate of drug-likeness (QED) is 0.807. The largest absolute Gasteiger partial charge is 0.376 e. The highest BCUT2D eigenvalue weighted by Crippen LogP contribution is 2.22. The van der Waals surface area contributed by atoms with Gasteiger partial charge in [0.25, 0.3) is 0 Å². The lowest BCUT2D eigenvalue weighted by Gasteiger charge is -2.08. The Morgan fingerprint density at radius 2 is 1.75 bits per heavy atom. The van der Waals surface area contributed by atoms with Gasteiger partial charge in [-0.25, -0.2) is 0 Å². The van der Waals surface area contributed by atoms with Crippen LogP contribution in [0.15, 0.2) is 46.9 Å². The predicted octanol–water partition coefficient (Wildman–Crippen LogP) is 4.81. The number of benzene rings is 2. The van der Waals surface area contributed by atoms with Crippen molar-refractivity contribution in [2.75, 3.05) is 17.2 Å². The van der Waals surface area contributed by atoms with Crippen LogP contribution in [-0.4, -0.2) is 12.5 Å². The van der Waals surface area contributed by atoms with Gasteiger partial charge in [0.15, 0.2) is 0 Å². The molecule has 0 atom stereocenters. The molecule has 2 aromatic carbocycles. The van der Waals surface area contributed by atoms with Crippen molar-refractivity contribution in [3.63, 3.8) is 0 Å². The molecule has 0 fully saturated rings. The molecule has 104 valence electrons. The summed E-state index contributed by atoms with van der Waals surface area (Å²) in [5, 5.41) is 6.71. The van der Waals surface area contributed by atoms with Gasteiger partial charge in [0, 0.05) is 25.9 Å². The summed E-state index contributed by atoms with van der Waals surface area (Å²) in [4.78, 5) is 11.8. The molecule has 2 N–H and O–H groups in total. The van der Waals surface area contributed by atoms with Gasteiger partial charge in [-0.05, 0) is 36.4 Å². The van der Waals surface area contributed by atoms with Crippen LogP contribution in [0.1, 0.15) is 0 Å². The maximum absolute atomic E-state index is 11.8. The van der Waals surface area contributed by atoms with Gasteiger partial charge in [0.2, 0.25) is 5.91 Å². The Kier molecular flexibility index (Phi) is 5.29. The fraction of sp³-hybridized carbons (Fsp3) is 0.0714. The van der Waals surface area contributed by atoms with Crippen molar-refractivity contribution in [1.29, 1.82) is 0 Å². The zero-order valence-corrected chi connectivity index (χ0v) is 13.4. The summed E-state index contributed by atoms with van der Waals surface area (Å²) in [6.07, 6.45) is 0. The third-order valence-electron chi connectivity index (χ3n) is 2.42. The van der Waals surface area contributed by atoms with Crippen LogP contribution in [0.2, 0.25) is 10.0 Å². The number of anilines is 2. The zero-order valence-electron chi connectivity index (χ0n) is 10.3. The van der Waals surface area contributed by atoms with Gasteiger partial charge < -0.3 is 10.6 Å². The van der Waals surface area contributed by atoms with Crippen LogP contribution >= 0.6 is 39.1 Å². The maximum Gasteiger partial charge on any atom is 0.243 e. The third kappa shape index (κ3) is 4.71. The number of amides is 1. The molecule has 0 aromatic heterocycles. The number of carbonyl (C=O) groups is 1. The zero-order chi connectivity index (χ0) is 14.5. The van der Waals surface area contributed by atoms with Crippen molar-refractivity contribution in [3.05, 3.63) is 57.0 Å². The summed E-state index contributed by atoms with van der Waals surface area (Å²) in [6, 6.07) is 12.5. The van der Waals surface area contributed by atoms with Crippen molar-refractivity contribution < 1.29 is 4.79 Å². The molecule has 0 unspecified atom stereocenters. The molecule has 0 aliphatic carbocycles. The molecule has 0 aliphatic rings. The Labute approximate surface area is 135 Å². The van der Waals surface area contributed by atoms with E-state index in [0.29, 0.717) is 15.7 Å². The Bertz CT molecular complexity index is 614. The Morgan fingerprint density at radius 3 is 2.40 bits per heavy atom. The van der Waals surface area contributed by atoms with E-state index >= 15 is 0 Å². The first-order chi connectivity index (χ1) is 9.52. The van der Waals surface area contributed by atoms with Gasteiger partial charge >= 0.3 is 0 Å². The Balaban J connectivity index is 1.92. The number of nitrogens with one attached hydrogen (secondary N) is 2. The minimum atomic E-state index is -0.177. The van der Waals surface area contributed by atoms with Crippen molar-refractivity contribution in [2.24, 2.45) is 0 Å². The summed E-state index contributed by atoms with van der Waals surface area (Å²) in [6.45, 7) is 0.153. The van der Waals surface area contributed by atoms with Crippen LogP contribution in [0.4, 0.5) is 11.4 Å². The normalized spacial score (nSPS) is 10.2. The second-order valence-corrected chi connectivity index (χ2v) is 5.86. The summed E-state index contributed by atoms with van der Waals surface area (Å²) in [7, 11) is 0. The van der Waals surface area contributed by atoms with Crippen LogP contribution in [-0.2, 0) is 4.79 Å². The molecular formula is C14H11BrCl2N2O. The van der Waals surface area contributed by atoms with Crippen molar-refractivity contribution in [3.8, 4) is 0 Å². The van der Waals surface area contributed by atoms with Gasteiger partial charge in [-0.3, -0.25) is 4.79 Å². The molecule has 1 amide bonds. The number of hydrogen-bond donors (Lipinski definition) is 2. The van der Waals surface area contributed by atoms with Crippen LogP contribution < -0.4 is 10.6 Å². The van der Waals surface area contributed by atoms with E-state index in [1.165, 1.54) is 0 Å². The van der Waals surface area contributed by atoms with Crippen LogP contribution in [0.25, 0.3) is 0 Å². The minimum Gasteiger partial charge on any atom is -0.376 e. The predicted molar refractivity (Wildman–Crippen MR) is 87.7 cm³/mol. The van der Waals surface area contributed by atoms with E-state index in [2.05, 4.69) is 26.6 Å². The summed E-state index contributed by atoms with van der Waals surface area (Å²) in [5.74, 6) is -0.177. The molecule has 0 radical (unpaired) electrons. The molecule has 3 nitrogen and oxygen atoms in total. The lowest BCUT2D eigenvalue weighted by atomic mass is 10.3. The van der Waals surface area contributed by atoms with E-state index in [0.717, 1.165) is 10.2 Å². The summed E-state index contributed by atoms with van der Waals surface area (Å²) < 4.78 is 0.949. The van der Waals surface area contributed by atoms with E-state index in [4.69, 9.17) is 23.2 Å². The fourth-order valence-electron chi connectivity index (χ4n) is 1.61. The topological polar surface area (TPSA) is 41.1 Å². The summed E-state index contributed by atoms with van der Waals surface area (Å²) in [5.41, 5.74) is 1.43. The van der Waals surface area contributed by atoms with E-state index in [-0.39, 0.29) is 12.5 Å². The van der Waals surface area contributed by atoms with E-state index in [1.54, 1.807) is 18.2 Å². The molecule has 6 heteroatoms. The Hall–Kier alpha value is -1.23. The first kappa shape index (κ1) is 15.2. The molecule has 0 saturated carbocycles. The van der Waals surface area contributed by atoms with Gasteiger partial charge in [-0.2, -0.15) is 0 Å². The van der Waals surface area contributed by atoms with Crippen molar-refractivity contribution in [2.45, 2.75) is 0 Å². The highest BCUT2D eigenvalue weighted by atomic mass is 79.9. The molecule has 0 spiro atoms. The van der Waals surface area contributed by atoms with Crippen molar-refractivity contribution in [1.82, 2.24) is 0 Å². The Morgan fingerprint density at radius 1 is 1.05 bits per heavy atom. The number of rotatable bonds is 4. The minimum absolute atomic E-state index is 0.153. The second-order valence-electron chi connectivity index (χ2n) is 4.07. The van der Waals surface area contributed by atoms with Gasteiger partial charge in [0.05, 0.1) is 6.54 Å². The monoisotopic (exact) mass is 372 g/mol. The van der Waals surface area contributed by atoms with Crippen molar-refractivity contribution >= 4 is 56.4 Å². The lowest BCUT2D eigenvalue weighted by Crippen LogP contribution is -2.21. The maximum atomic E-state index is 11.8. The SMILES string of the molecule is O=C(CNc1cccc(Br)c1)Nc1cc(Cl)cc(Cl)c1. The second kappa shape index (κ2) is 6.97. The third-order valence-corrected chi connectivity index (χ3v) is 3.35. The van der Waals surface area contributed by atoms with Crippen LogP contribution in [0.3, 0.4) is 0 Å². The molecule has 2 aromatic rings. The fourth-order valence-corrected chi connectivity index (χ4v) is 2.54. The summed E-state index contributed by atoms with van der Waals surface area (Å²) >= 11 is 15.1. The smallest absolute Gasteiger partial charge is 0.243 e. The molecule has 0 bridgehead atoms. The van der Waals surface area contributed by atoms with E-state index in [1.807, 2.05) is 24.3 Å². The highest BCUT2D eigenvalue weighted by Gasteiger charge is 2.04. The highest BCUT2D eigenvalue weighted by molar-refractivity contribution is 9.10. The number of hydrogen-bond acceptors (Lipinski definition) is 2. The first-order valence-corrected chi connectivity index (χ1v) is 7.33. The number of carbonyl (C=O) groups excluding carboxylic acids is 1. The first-order valence-electron chi connectivity index (χ1n) is 5.78. The molecular weight excluding hydrogens is 363 g/mol. The van der Waals surface area contributed by atoms with Gasteiger partial charge in [0.1, 0.15) is 0 Å². The van der Waals surface area contributed by atoms with Crippen LogP contribution in [0.5, 0.6) is 0 Å². The molecule has 2 rings (SSSR count). The van der Waals surface area contributed by atoms with Gasteiger partial charge in [-0.15, -0.1) is 0 Å².